The number of carbonyl (C=O) groups is 3. The number of carbonyl (C=O) groups excluding carboxylic acids is 5. The monoisotopic (exact) mass is 759 g/mol. The molecule has 2 aromatic rings. The zero-order valence-electron chi connectivity index (χ0n) is 28.6. The molecular weight excluding hydrogens is 705 g/mol. The first-order valence-electron chi connectivity index (χ1n) is 16.8. The van der Waals surface area contributed by atoms with Gasteiger partial charge in [0.15, 0.2) is 0 Å². The highest BCUT2D eigenvalue weighted by Gasteiger charge is 2.35. The molecule has 2 saturated carbocycles. The third-order valence-corrected chi connectivity index (χ3v) is 7.96. The molecular formula is C36H54Cl2F2N6O5. The number of hydrogen-bond acceptors (Lipinski definition) is 6. The Morgan fingerprint density at radius 2 is 1.18 bits per heavy atom. The van der Waals surface area contributed by atoms with E-state index in [4.69, 9.17) is 32.8 Å². The van der Waals surface area contributed by atoms with Gasteiger partial charge in [-0.1, -0.05) is 38.8 Å². The minimum Gasteiger partial charge on any atom is -0.342 e. The van der Waals surface area contributed by atoms with E-state index in [-0.39, 0.29) is 67.9 Å². The minimum atomic E-state index is -0.338. The van der Waals surface area contributed by atoms with E-state index in [1.165, 1.54) is 31.4 Å². The van der Waals surface area contributed by atoms with Crippen molar-refractivity contribution in [3.05, 3.63) is 59.2 Å². The number of anilines is 2. The second-order valence-corrected chi connectivity index (χ2v) is 13.1. The van der Waals surface area contributed by atoms with Crippen LogP contribution < -0.4 is 26.6 Å². The Morgan fingerprint density at radius 1 is 0.784 bits per heavy atom. The summed E-state index contributed by atoms with van der Waals surface area (Å²) >= 11 is 9.53. The molecule has 4 aliphatic rings. The summed E-state index contributed by atoms with van der Waals surface area (Å²) < 4.78 is 26.8. The molecule has 5 amide bonds. The van der Waals surface area contributed by atoms with Crippen molar-refractivity contribution in [2.24, 2.45) is 5.92 Å². The first kappa shape index (κ1) is 45.3. The summed E-state index contributed by atoms with van der Waals surface area (Å²) in [4.78, 5) is 53.8. The van der Waals surface area contributed by atoms with E-state index in [1.54, 1.807) is 38.1 Å². The zero-order chi connectivity index (χ0) is 36.9. The van der Waals surface area contributed by atoms with Crippen LogP contribution in [0.25, 0.3) is 0 Å². The van der Waals surface area contributed by atoms with Crippen LogP contribution in [-0.4, -0.2) is 72.6 Å². The van der Waals surface area contributed by atoms with Gasteiger partial charge in [0.2, 0.25) is 5.91 Å². The van der Waals surface area contributed by atoms with Gasteiger partial charge in [0, 0.05) is 43.9 Å². The van der Waals surface area contributed by atoms with Gasteiger partial charge in [0.1, 0.15) is 11.6 Å². The van der Waals surface area contributed by atoms with Gasteiger partial charge in [-0.2, -0.15) is 9.59 Å². The van der Waals surface area contributed by atoms with Crippen molar-refractivity contribution >= 4 is 58.7 Å². The van der Waals surface area contributed by atoms with Crippen LogP contribution in [0.4, 0.5) is 29.7 Å². The van der Waals surface area contributed by atoms with Crippen LogP contribution >= 0.6 is 23.2 Å². The maximum atomic E-state index is 13.5. The lowest BCUT2D eigenvalue weighted by Gasteiger charge is -2.32. The van der Waals surface area contributed by atoms with Crippen molar-refractivity contribution in [1.29, 1.82) is 0 Å². The maximum Gasteiger partial charge on any atom is 0.373 e. The summed E-state index contributed by atoms with van der Waals surface area (Å²) in [5, 5.41) is 14.5. The second kappa shape index (κ2) is 25.2. The summed E-state index contributed by atoms with van der Waals surface area (Å²) in [6.07, 6.45) is 10.2. The van der Waals surface area contributed by atoms with E-state index >= 15 is 0 Å². The van der Waals surface area contributed by atoms with E-state index in [0.29, 0.717) is 35.6 Å². The number of amides is 5. The molecule has 6 rings (SSSR count). The van der Waals surface area contributed by atoms with Crippen molar-refractivity contribution in [3.63, 3.8) is 0 Å². The highest BCUT2D eigenvalue weighted by atomic mass is 35.5. The smallest absolute Gasteiger partial charge is 0.342 e. The van der Waals surface area contributed by atoms with Crippen LogP contribution in [-0.2, 0) is 14.4 Å². The Bertz CT molecular complexity index is 1400. The van der Waals surface area contributed by atoms with Crippen LogP contribution in [0.3, 0.4) is 0 Å². The number of piperidine rings is 2. The molecule has 51 heavy (non-hydrogen) atoms. The van der Waals surface area contributed by atoms with E-state index in [2.05, 4.69) is 26.6 Å². The largest absolute Gasteiger partial charge is 0.373 e. The van der Waals surface area contributed by atoms with E-state index in [1.807, 2.05) is 4.90 Å². The average molecular weight is 761 g/mol. The fraction of sp³-hybridized carbons (Fsp3) is 0.556. The first-order valence-corrected chi connectivity index (χ1v) is 17.9. The molecule has 286 valence electrons. The fourth-order valence-corrected chi connectivity index (χ4v) is 4.85. The molecule has 15 heteroatoms. The number of urea groups is 2. The summed E-state index contributed by atoms with van der Waals surface area (Å²) in [6.45, 7) is 6.59. The summed E-state index contributed by atoms with van der Waals surface area (Å²) in [7, 11) is 0. The van der Waals surface area contributed by atoms with Crippen molar-refractivity contribution in [1.82, 2.24) is 20.9 Å². The fourth-order valence-electron chi connectivity index (χ4n) is 4.85. The number of halogens is 4. The molecule has 2 saturated heterocycles. The highest BCUT2D eigenvalue weighted by molar-refractivity contribution is 6.40. The number of benzene rings is 2. The van der Waals surface area contributed by atoms with Gasteiger partial charge < -0.3 is 31.5 Å². The van der Waals surface area contributed by atoms with Crippen molar-refractivity contribution in [2.45, 2.75) is 91.1 Å². The predicted octanol–water partition coefficient (Wildman–Crippen LogP) is 7.55. The lowest BCUT2D eigenvalue weighted by atomic mass is 10.0. The second-order valence-electron chi connectivity index (χ2n) is 12.3. The third-order valence-electron chi connectivity index (χ3n) is 7.96. The normalized spacial score (nSPS) is 16.1. The Hall–Kier alpha value is -3.77. The average Bonchev–Trinajstić information content (AvgIpc) is 3.99. The topological polar surface area (TPSA) is 149 Å². The molecule has 4 fully saturated rings. The number of rotatable bonds is 5. The van der Waals surface area contributed by atoms with Gasteiger partial charge in [-0.25, -0.2) is 18.4 Å². The summed E-state index contributed by atoms with van der Waals surface area (Å²) in [6, 6.07) is 8.93. The van der Waals surface area contributed by atoms with Gasteiger partial charge in [0.25, 0.3) is 0 Å². The van der Waals surface area contributed by atoms with Gasteiger partial charge in [-0.15, -0.1) is 23.2 Å². The molecule has 0 spiro atoms. The first-order chi connectivity index (χ1) is 24.0. The van der Waals surface area contributed by atoms with Gasteiger partial charge in [0.05, 0.1) is 5.34 Å². The number of aryl methyl sites for hydroxylation is 2. The van der Waals surface area contributed by atoms with Gasteiger partial charge in [-0.3, -0.25) is 4.79 Å². The molecule has 2 aromatic carbocycles. The molecule has 2 heterocycles. The lowest BCUT2D eigenvalue weighted by molar-refractivity contribution is -0.191. The molecule has 5 N–H and O–H groups in total. The number of nitrogens with one attached hydrogen (secondary N) is 5. The van der Waals surface area contributed by atoms with Crippen LogP contribution in [0.5, 0.6) is 0 Å². The van der Waals surface area contributed by atoms with Crippen LogP contribution in [0.2, 0.25) is 0 Å². The van der Waals surface area contributed by atoms with Crippen LogP contribution in [0.1, 0.15) is 77.8 Å². The zero-order valence-corrected chi connectivity index (χ0v) is 30.1. The van der Waals surface area contributed by atoms with E-state index in [9.17, 15) is 23.2 Å². The highest BCUT2D eigenvalue weighted by Crippen LogP contribution is 2.32. The number of nitrogens with zero attached hydrogens (tertiary/aromatic N) is 1. The standard InChI is InChI=1S/C17H22FN3O2.C13H18FN3O.C3H6.CH2Cl2.CO2.CH4.H2/c1-11-2-5-14(10-15(11)18)20-17(23)19-13-6-8-21(9-7-13)16(22)12-3-4-12;1-9-2-3-11(8-12(9)14)17-13(18)16-10-4-6-15-7-5-10;1-2-3-1;2*2-1-3;;/h2,5,10,12-13H,3-4,6-9H2,1H3,(H2,19,20,23);2-3,8,10,15H,4-7H2,1H3,(H2,16,17,18);1-3H2;1H2;;1H4;1H/i;;;;;;1+1. The maximum absolute atomic E-state index is 13.5. The molecule has 0 unspecified atom stereocenters. The van der Waals surface area contributed by atoms with Gasteiger partial charge >= 0.3 is 18.2 Å². The molecule has 0 aromatic heterocycles. The summed E-state index contributed by atoms with van der Waals surface area (Å²) in [5.74, 6) is -0.133. The minimum absolute atomic E-state index is 0. The molecule has 0 atom stereocenters. The van der Waals surface area contributed by atoms with Crippen molar-refractivity contribution in [2.75, 3.05) is 42.2 Å². The molecule has 0 radical (unpaired) electrons. The lowest BCUT2D eigenvalue weighted by Crippen LogP contribution is -2.47. The Labute approximate surface area is 311 Å². The van der Waals surface area contributed by atoms with Crippen molar-refractivity contribution < 1.29 is 34.2 Å². The van der Waals surface area contributed by atoms with Gasteiger partial charge in [-0.05, 0) is 101 Å². The van der Waals surface area contributed by atoms with E-state index in [0.717, 1.165) is 51.6 Å². The van der Waals surface area contributed by atoms with Crippen LogP contribution in [0.15, 0.2) is 36.4 Å². The Morgan fingerprint density at radius 3 is 1.53 bits per heavy atom. The predicted molar refractivity (Wildman–Crippen MR) is 199 cm³/mol. The SMILES string of the molecule is C.C1CC1.Cc1ccc(NC(=O)NC2CCN(C(=O)C3CC3)CC2)cc1F.Cc1ccc(NC(=O)NC2CCNCC2)cc1F.ClCCl.O=C=O.[2HH]. The Balaban J connectivity index is 0.000000798. The molecule has 11 nitrogen and oxygen atoms in total. The van der Waals surface area contributed by atoms with Crippen molar-refractivity contribution in [3.8, 4) is 0 Å². The number of hydrogen-bond donors (Lipinski definition) is 5. The molecule has 0 bridgehead atoms. The summed E-state index contributed by atoms with van der Waals surface area (Å²) in [5.41, 5.74) is 2.03. The number of likely N-dealkylation sites (tertiary alicyclic amines) is 1. The number of alkyl halides is 2. The quantitative estimate of drug-likeness (QED) is 0.199. The Kier molecular flexibility index (Phi) is 22.4. The third kappa shape index (κ3) is 19.4. The molecule has 2 aliphatic carbocycles. The van der Waals surface area contributed by atoms with E-state index < -0.39 is 0 Å². The van der Waals surface area contributed by atoms with Crippen LogP contribution in [0, 0.1) is 31.4 Å². The molecule has 2 aliphatic heterocycles.